The fourth-order valence-corrected chi connectivity index (χ4v) is 4.24. The number of rotatable bonds is 3. The third kappa shape index (κ3) is 3.88. The minimum atomic E-state index is 0.187. The van der Waals surface area contributed by atoms with Crippen molar-refractivity contribution in [2.75, 3.05) is 44.3 Å². The number of furan rings is 1. The lowest BCUT2D eigenvalue weighted by atomic mass is 9.80. The zero-order valence-electron chi connectivity index (χ0n) is 15.0. The van der Waals surface area contributed by atoms with Crippen LogP contribution >= 0.6 is 0 Å². The van der Waals surface area contributed by atoms with E-state index in [-0.39, 0.29) is 5.41 Å². The van der Waals surface area contributed by atoms with Gasteiger partial charge >= 0.3 is 0 Å². The van der Waals surface area contributed by atoms with Crippen molar-refractivity contribution in [3.8, 4) is 0 Å². The number of hydrogen-bond acceptors (Lipinski definition) is 5. The number of anilines is 1. The second kappa shape index (κ2) is 7.18. The van der Waals surface area contributed by atoms with Crippen LogP contribution < -0.4 is 4.90 Å². The summed E-state index contributed by atoms with van der Waals surface area (Å²) in [5.41, 5.74) is 1.39. The summed E-state index contributed by atoms with van der Waals surface area (Å²) in [6, 6.07) is 8.31. The molecule has 0 amide bonds. The first-order valence-corrected chi connectivity index (χ1v) is 9.23. The van der Waals surface area contributed by atoms with E-state index >= 15 is 0 Å². The smallest absolute Gasteiger partial charge is 0.118 e. The summed E-state index contributed by atoms with van der Waals surface area (Å²) in [5, 5.41) is 0. The van der Waals surface area contributed by atoms with Gasteiger partial charge in [-0.15, -0.1) is 0 Å². The number of aromatic nitrogens is 1. The molecule has 134 valence electrons. The van der Waals surface area contributed by atoms with E-state index in [1.165, 1.54) is 18.5 Å². The lowest BCUT2D eigenvalue weighted by Crippen LogP contribution is -2.50. The van der Waals surface area contributed by atoms with Crippen LogP contribution in [0.15, 0.2) is 41.1 Å². The van der Waals surface area contributed by atoms with Crippen LogP contribution in [0.2, 0.25) is 0 Å². The zero-order valence-corrected chi connectivity index (χ0v) is 15.0. The van der Waals surface area contributed by atoms with Gasteiger partial charge in [0.25, 0.3) is 0 Å². The largest absolute Gasteiger partial charge is 0.465 e. The Morgan fingerprint density at radius 3 is 2.96 bits per heavy atom. The lowest BCUT2D eigenvalue weighted by molar-refractivity contribution is 0.00875. The van der Waals surface area contributed by atoms with Gasteiger partial charge in [-0.05, 0) is 50.6 Å². The predicted molar refractivity (Wildman–Crippen MR) is 97.7 cm³/mol. The highest BCUT2D eigenvalue weighted by molar-refractivity contribution is 5.44. The maximum atomic E-state index is 6.03. The van der Waals surface area contributed by atoms with Crippen molar-refractivity contribution in [1.29, 1.82) is 0 Å². The first kappa shape index (κ1) is 16.6. The van der Waals surface area contributed by atoms with Crippen LogP contribution in [-0.4, -0.2) is 49.3 Å². The average molecular weight is 341 g/mol. The minimum Gasteiger partial charge on any atom is -0.465 e. The molecule has 2 aliphatic heterocycles. The second-order valence-corrected chi connectivity index (χ2v) is 7.51. The molecule has 2 aromatic heterocycles. The van der Waals surface area contributed by atoms with Crippen LogP contribution in [0.4, 0.5) is 5.69 Å². The molecule has 0 bridgehead atoms. The number of piperidine rings is 1. The van der Waals surface area contributed by atoms with Crippen molar-refractivity contribution in [3.05, 3.63) is 48.2 Å². The molecule has 2 saturated heterocycles. The molecule has 0 N–H and O–H groups in total. The first-order chi connectivity index (χ1) is 12.2. The van der Waals surface area contributed by atoms with Gasteiger partial charge in [0.1, 0.15) is 11.5 Å². The monoisotopic (exact) mass is 341 g/mol. The molecule has 4 heterocycles. The third-order valence-corrected chi connectivity index (χ3v) is 5.37. The van der Waals surface area contributed by atoms with E-state index in [2.05, 4.69) is 26.9 Å². The minimum absolute atomic E-state index is 0.187. The van der Waals surface area contributed by atoms with Crippen molar-refractivity contribution < 1.29 is 9.15 Å². The molecule has 0 saturated carbocycles. The maximum absolute atomic E-state index is 6.03. The van der Waals surface area contributed by atoms with Crippen molar-refractivity contribution in [2.45, 2.75) is 26.3 Å². The van der Waals surface area contributed by atoms with E-state index in [9.17, 15) is 0 Å². The van der Waals surface area contributed by atoms with E-state index in [0.29, 0.717) is 0 Å². The number of ether oxygens (including phenoxy) is 1. The van der Waals surface area contributed by atoms with Gasteiger partial charge in [-0.25, -0.2) is 0 Å². The van der Waals surface area contributed by atoms with E-state index in [1.54, 1.807) is 0 Å². The highest BCUT2D eigenvalue weighted by Crippen LogP contribution is 2.35. The Kier molecular flexibility index (Phi) is 4.77. The highest BCUT2D eigenvalue weighted by Gasteiger charge is 2.39. The summed E-state index contributed by atoms with van der Waals surface area (Å²) in [7, 11) is 0. The zero-order chi connectivity index (χ0) is 17.1. The molecule has 2 aromatic rings. The van der Waals surface area contributed by atoms with E-state index in [1.807, 2.05) is 31.5 Å². The van der Waals surface area contributed by atoms with Gasteiger partial charge in [0.2, 0.25) is 0 Å². The molecule has 0 radical (unpaired) electrons. The normalized spacial score (nSPS) is 25.2. The van der Waals surface area contributed by atoms with Gasteiger partial charge in [0.15, 0.2) is 0 Å². The van der Waals surface area contributed by atoms with E-state index < -0.39 is 0 Å². The Morgan fingerprint density at radius 1 is 1.20 bits per heavy atom. The van der Waals surface area contributed by atoms with Gasteiger partial charge in [0.05, 0.1) is 31.6 Å². The average Bonchev–Trinajstić information content (AvgIpc) is 2.92. The van der Waals surface area contributed by atoms with Gasteiger partial charge in [-0.2, -0.15) is 0 Å². The van der Waals surface area contributed by atoms with Crippen LogP contribution in [0.1, 0.15) is 24.4 Å². The Hall–Kier alpha value is -1.85. The number of likely N-dealkylation sites (tertiary alicyclic amines) is 1. The maximum Gasteiger partial charge on any atom is 0.118 e. The number of nitrogens with zero attached hydrogens (tertiary/aromatic N) is 3. The summed E-state index contributed by atoms with van der Waals surface area (Å²) in [6.45, 7) is 8.69. The highest BCUT2D eigenvalue weighted by atomic mass is 16.5. The number of aryl methyl sites for hydroxylation is 1. The molecule has 0 aromatic carbocycles. The Bertz CT molecular complexity index is 687. The Balaban J connectivity index is 1.48. The summed E-state index contributed by atoms with van der Waals surface area (Å²) >= 11 is 0. The van der Waals surface area contributed by atoms with Crippen molar-refractivity contribution in [3.63, 3.8) is 0 Å². The molecule has 2 aliphatic rings. The van der Waals surface area contributed by atoms with Crippen LogP contribution in [0.5, 0.6) is 0 Å². The fraction of sp³-hybridized carbons (Fsp3) is 0.550. The summed E-state index contributed by atoms with van der Waals surface area (Å²) in [6.07, 6.45) is 6.23. The van der Waals surface area contributed by atoms with Crippen molar-refractivity contribution >= 4 is 5.69 Å². The Morgan fingerprint density at radius 2 is 2.16 bits per heavy atom. The number of hydrogen-bond donors (Lipinski definition) is 0. The fourth-order valence-electron chi connectivity index (χ4n) is 4.24. The van der Waals surface area contributed by atoms with Crippen LogP contribution in [-0.2, 0) is 11.3 Å². The molecule has 1 spiro atoms. The molecular formula is C20H27N3O2. The third-order valence-electron chi connectivity index (χ3n) is 5.37. The molecular weight excluding hydrogens is 314 g/mol. The first-order valence-electron chi connectivity index (χ1n) is 9.23. The molecule has 0 unspecified atom stereocenters. The summed E-state index contributed by atoms with van der Waals surface area (Å²) < 4.78 is 11.8. The van der Waals surface area contributed by atoms with Crippen molar-refractivity contribution in [1.82, 2.24) is 9.88 Å². The molecule has 5 nitrogen and oxygen atoms in total. The van der Waals surface area contributed by atoms with Crippen LogP contribution in [0.3, 0.4) is 0 Å². The summed E-state index contributed by atoms with van der Waals surface area (Å²) in [4.78, 5) is 9.26. The molecule has 25 heavy (non-hydrogen) atoms. The number of pyridine rings is 1. The Labute approximate surface area is 149 Å². The van der Waals surface area contributed by atoms with Crippen molar-refractivity contribution in [2.24, 2.45) is 5.41 Å². The molecule has 4 rings (SSSR count). The SMILES string of the molecule is Cc1ccc(CN2CCC[C@]3(COCCN(c4cccnc4)C3)C2)o1. The summed E-state index contributed by atoms with van der Waals surface area (Å²) in [5.74, 6) is 2.05. The molecule has 0 aliphatic carbocycles. The van der Waals surface area contributed by atoms with Gasteiger partial charge in [-0.3, -0.25) is 9.88 Å². The molecule has 5 heteroatoms. The second-order valence-electron chi connectivity index (χ2n) is 7.51. The topological polar surface area (TPSA) is 41.7 Å². The van der Waals surface area contributed by atoms with Gasteiger partial charge < -0.3 is 14.1 Å². The van der Waals surface area contributed by atoms with E-state index in [0.717, 1.165) is 57.5 Å². The van der Waals surface area contributed by atoms with Gasteiger partial charge in [-0.1, -0.05) is 0 Å². The molecule has 2 fully saturated rings. The lowest BCUT2D eigenvalue weighted by Gasteiger charge is -2.43. The molecule has 1 atom stereocenters. The predicted octanol–water partition coefficient (Wildman–Crippen LogP) is 3.10. The van der Waals surface area contributed by atoms with E-state index in [4.69, 9.17) is 9.15 Å². The quantitative estimate of drug-likeness (QED) is 0.858. The van der Waals surface area contributed by atoms with Gasteiger partial charge in [0, 0.05) is 31.2 Å². The van der Waals surface area contributed by atoms with Crippen LogP contribution in [0.25, 0.3) is 0 Å². The van der Waals surface area contributed by atoms with Crippen LogP contribution in [0, 0.1) is 12.3 Å². The standard InChI is InChI=1S/C20H27N3O2/c1-17-5-6-19(25-17)13-22-9-3-7-20(14-22)15-23(10-11-24-16-20)18-4-2-8-21-12-18/h2,4-6,8,12H,3,7,9-11,13-16H2,1H3/t20-/m0/s1.